The van der Waals surface area contributed by atoms with Gasteiger partial charge in [0.25, 0.3) is 5.91 Å². The topological polar surface area (TPSA) is 102 Å². The molecule has 8 heteroatoms. The van der Waals surface area contributed by atoms with Crippen molar-refractivity contribution in [1.29, 1.82) is 0 Å². The van der Waals surface area contributed by atoms with Crippen LogP contribution in [0, 0.1) is 5.95 Å². The Bertz CT molecular complexity index is 760. The van der Waals surface area contributed by atoms with Crippen LogP contribution in [0.15, 0.2) is 47.5 Å². The lowest BCUT2D eigenvalue weighted by Gasteiger charge is -2.06. The molecule has 0 saturated carbocycles. The standard InChI is InChI=1S/C13H12FN3O3S/c14-12-5-4-10(8-16-12)13(18)17-7-9-2-1-3-11(6-9)21(15,19)20/h1-6,8H,7H2,(H,17,18)(H2,15,19,20). The van der Waals surface area contributed by atoms with E-state index in [4.69, 9.17) is 5.14 Å². The van der Waals surface area contributed by atoms with Crippen molar-refractivity contribution in [2.24, 2.45) is 5.14 Å². The number of nitrogens with zero attached hydrogens (tertiary/aromatic N) is 1. The van der Waals surface area contributed by atoms with Crippen LogP contribution in [-0.2, 0) is 16.6 Å². The maximum atomic E-state index is 12.6. The van der Waals surface area contributed by atoms with Crippen molar-refractivity contribution in [2.75, 3.05) is 0 Å². The van der Waals surface area contributed by atoms with Gasteiger partial charge < -0.3 is 5.32 Å². The Balaban J connectivity index is 2.06. The van der Waals surface area contributed by atoms with Gasteiger partial charge in [0.15, 0.2) is 0 Å². The number of halogens is 1. The van der Waals surface area contributed by atoms with Crippen LogP contribution in [0.3, 0.4) is 0 Å². The molecular formula is C13H12FN3O3S. The molecule has 1 aromatic heterocycles. The number of rotatable bonds is 4. The molecule has 0 fully saturated rings. The van der Waals surface area contributed by atoms with Gasteiger partial charge in [0.05, 0.1) is 10.5 Å². The predicted octanol–water partition coefficient (Wildman–Crippen LogP) is 0.798. The molecule has 0 aliphatic heterocycles. The fourth-order valence-corrected chi connectivity index (χ4v) is 2.21. The molecule has 2 rings (SSSR count). The Morgan fingerprint density at radius 1 is 1.29 bits per heavy atom. The molecule has 6 nitrogen and oxygen atoms in total. The molecule has 0 saturated heterocycles. The highest BCUT2D eigenvalue weighted by Crippen LogP contribution is 2.10. The number of nitrogens with one attached hydrogen (secondary N) is 1. The lowest BCUT2D eigenvalue weighted by molar-refractivity contribution is 0.0950. The van der Waals surface area contributed by atoms with Gasteiger partial charge in [0.1, 0.15) is 0 Å². The van der Waals surface area contributed by atoms with Crippen LogP contribution in [0.1, 0.15) is 15.9 Å². The minimum Gasteiger partial charge on any atom is -0.348 e. The maximum absolute atomic E-state index is 12.6. The number of hydrogen-bond acceptors (Lipinski definition) is 4. The average molecular weight is 309 g/mol. The van der Waals surface area contributed by atoms with E-state index in [2.05, 4.69) is 10.3 Å². The number of carbonyl (C=O) groups is 1. The van der Waals surface area contributed by atoms with Crippen molar-refractivity contribution in [3.63, 3.8) is 0 Å². The van der Waals surface area contributed by atoms with Crippen LogP contribution in [-0.4, -0.2) is 19.3 Å². The van der Waals surface area contributed by atoms with Gasteiger partial charge >= 0.3 is 0 Å². The summed E-state index contributed by atoms with van der Waals surface area (Å²) in [6.45, 7) is 0.111. The number of nitrogens with two attached hydrogens (primary N) is 1. The first-order valence-corrected chi connectivity index (χ1v) is 7.42. The summed E-state index contributed by atoms with van der Waals surface area (Å²) in [5, 5.41) is 7.60. The first kappa shape index (κ1) is 15.1. The van der Waals surface area contributed by atoms with E-state index in [0.29, 0.717) is 5.56 Å². The van der Waals surface area contributed by atoms with Crippen molar-refractivity contribution < 1.29 is 17.6 Å². The number of benzene rings is 1. The summed E-state index contributed by atoms with van der Waals surface area (Å²) >= 11 is 0. The van der Waals surface area contributed by atoms with E-state index < -0.39 is 21.9 Å². The van der Waals surface area contributed by atoms with Crippen LogP contribution >= 0.6 is 0 Å². The lowest BCUT2D eigenvalue weighted by atomic mass is 10.2. The molecule has 0 aliphatic carbocycles. The monoisotopic (exact) mass is 309 g/mol. The van der Waals surface area contributed by atoms with Gasteiger partial charge in [-0.2, -0.15) is 4.39 Å². The highest BCUT2D eigenvalue weighted by molar-refractivity contribution is 7.89. The summed E-state index contributed by atoms with van der Waals surface area (Å²) in [7, 11) is -3.79. The molecule has 0 spiro atoms. The van der Waals surface area contributed by atoms with E-state index in [9.17, 15) is 17.6 Å². The Morgan fingerprint density at radius 3 is 2.67 bits per heavy atom. The minimum absolute atomic E-state index is 0.0299. The number of hydrogen-bond donors (Lipinski definition) is 2. The highest BCUT2D eigenvalue weighted by Gasteiger charge is 2.09. The van der Waals surface area contributed by atoms with Crippen molar-refractivity contribution in [2.45, 2.75) is 11.4 Å². The summed E-state index contributed by atoms with van der Waals surface area (Å²) in [5.74, 6) is -1.11. The van der Waals surface area contributed by atoms with Gasteiger partial charge in [-0.05, 0) is 29.8 Å². The van der Waals surface area contributed by atoms with E-state index >= 15 is 0 Å². The number of carbonyl (C=O) groups excluding carboxylic acids is 1. The van der Waals surface area contributed by atoms with E-state index in [1.807, 2.05) is 0 Å². The maximum Gasteiger partial charge on any atom is 0.253 e. The molecule has 0 aliphatic rings. The highest BCUT2D eigenvalue weighted by atomic mass is 32.2. The molecule has 0 unspecified atom stereocenters. The van der Waals surface area contributed by atoms with Crippen LogP contribution < -0.4 is 10.5 Å². The molecule has 0 bridgehead atoms. The SMILES string of the molecule is NS(=O)(=O)c1cccc(CNC(=O)c2ccc(F)nc2)c1. The Morgan fingerprint density at radius 2 is 2.05 bits per heavy atom. The quantitative estimate of drug-likeness (QED) is 0.815. The molecule has 1 heterocycles. The fourth-order valence-electron chi connectivity index (χ4n) is 1.63. The van der Waals surface area contributed by atoms with Crippen molar-refractivity contribution >= 4 is 15.9 Å². The molecular weight excluding hydrogens is 297 g/mol. The largest absolute Gasteiger partial charge is 0.348 e. The van der Waals surface area contributed by atoms with Gasteiger partial charge in [0.2, 0.25) is 16.0 Å². The molecule has 0 atom stereocenters. The minimum atomic E-state index is -3.79. The number of sulfonamides is 1. The Hall–Kier alpha value is -2.32. The molecule has 21 heavy (non-hydrogen) atoms. The fraction of sp³-hybridized carbons (Fsp3) is 0.0769. The summed E-state index contributed by atoms with van der Waals surface area (Å²) in [5.41, 5.74) is 0.781. The molecule has 1 aromatic carbocycles. The average Bonchev–Trinajstić information content (AvgIpc) is 2.45. The molecule has 2 aromatic rings. The first-order chi connectivity index (χ1) is 9.86. The van der Waals surface area contributed by atoms with E-state index in [1.165, 1.54) is 24.3 Å². The van der Waals surface area contributed by atoms with E-state index in [0.717, 1.165) is 12.3 Å². The summed E-state index contributed by atoms with van der Waals surface area (Å²) in [6.07, 6.45) is 1.12. The zero-order valence-electron chi connectivity index (χ0n) is 10.8. The zero-order chi connectivity index (χ0) is 15.5. The summed E-state index contributed by atoms with van der Waals surface area (Å²) in [4.78, 5) is 15.1. The van der Waals surface area contributed by atoms with E-state index in [-0.39, 0.29) is 17.0 Å². The third kappa shape index (κ3) is 4.07. The number of pyridine rings is 1. The van der Waals surface area contributed by atoms with Crippen LogP contribution in [0.2, 0.25) is 0 Å². The molecule has 110 valence electrons. The van der Waals surface area contributed by atoms with Crippen LogP contribution in [0.4, 0.5) is 4.39 Å². The van der Waals surface area contributed by atoms with Crippen molar-refractivity contribution in [3.05, 3.63) is 59.7 Å². The number of amides is 1. The summed E-state index contributed by atoms with van der Waals surface area (Å²) < 4.78 is 35.1. The lowest BCUT2D eigenvalue weighted by Crippen LogP contribution is -2.23. The number of primary sulfonamides is 1. The van der Waals surface area contributed by atoms with Gasteiger partial charge in [-0.15, -0.1) is 0 Å². The van der Waals surface area contributed by atoms with Crippen LogP contribution in [0.25, 0.3) is 0 Å². The van der Waals surface area contributed by atoms with Gasteiger partial charge in [-0.1, -0.05) is 12.1 Å². The second kappa shape index (κ2) is 5.98. The van der Waals surface area contributed by atoms with Gasteiger partial charge in [-0.3, -0.25) is 4.79 Å². The second-order valence-electron chi connectivity index (χ2n) is 4.24. The van der Waals surface area contributed by atoms with E-state index in [1.54, 1.807) is 6.07 Å². The third-order valence-electron chi connectivity index (χ3n) is 2.67. The predicted molar refractivity (Wildman–Crippen MR) is 73.2 cm³/mol. The molecule has 3 N–H and O–H groups in total. The zero-order valence-corrected chi connectivity index (χ0v) is 11.6. The second-order valence-corrected chi connectivity index (χ2v) is 5.81. The van der Waals surface area contributed by atoms with Crippen LogP contribution in [0.5, 0.6) is 0 Å². The molecule has 0 radical (unpaired) electrons. The van der Waals surface area contributed by atoms with Gasteiger partial charge in [0, 0.05) is 12.7 Å². The van der Waals surface area contributed by atoms with Crippen molar-refractivity contribution in [1.82, 2.24) is 10.3 Å². The first-order valence-electron chi connectivity index (χ1n) is 5.88. The Kier molecular flexibility index (Phi) is 4.29. The summed E-state index contributed by atoms with van der Waals surface area (Å²) in [6, 6.07) is 8.30. The van der Waals surface area contributed by atoms with Crippen molar-refractivity contribution in [3.8, 4) is 0 Å². The third-order valence-corrected chi connectivity index (χ3v) is 3.58. The Labute approximate surface area is 120 Å². The smallest absolute Gasteiger partial charge is 0.253 e. The normalized spacial score (nSPS) is 11.1. The van der Waals surface area contributed by atoms with Gasteiger partial charge in [-0.25, -0.2) is 18.5 Å². The molecule has 1 amide bonds. The number of aromatic nitrogens is 1.